The van der Waals surface area contributed by atoms with Crippen LogP contribution >= 0.6 is 11.3 Å². The lowest BCUT2D eigenvalue weighted by molar-refractivity contribution is 1.23. The second-order valence-electron chi connectivity index (χ2n) is 13.2. The minimum Gasteiger partial charge on any atom is -0.291 e. The van der Waals surface area contributed by atoms with Crippen molar-refractivity contribution in [3.05, 3.63) is 157 Å². The third kappa shape index (κ3) is 3.79. The summed E-state index contributed by atoms with van der Waals surface area (Å²) in [6, 6.07) is 55.9. The number of thiophene rings is 1. The van der Waals surface area contributed by atoms with E-state index in [4.69, 9.17) is 4.98 Å². The Bertz CT molecular complexity index is 3240. The predicted molar refractivity (Wildman–Crippen MR) is 212 cm³/mol. The molecule has 0 atom stereocenters. The van der Waals surface area contributed by atoms with E-state index < -0.39 is 0 Å². The van der Waals surface area contributed by atoms with Gasteiger partial charge in [0.1, 0.15) is 5.82 Å². The van der Waals surface area contributed by atoms with Crippen molar-refractivity contribution < 1.29 is 0 Å². The van der Waals surface area contributed by atoms with Gasteiger partial charge in [-0.2, -0.15) is 0 Å². The SMILES string of the molecule is Cc1ccc2ccc3cc4c(cc3c2c1)sc1c(-c2nc3cccc5c6ccccc6c6ccccc6c6ccccc6n2c35)cccc14. The lowest BCUT2D eigenvalue weighted by Crippen LogP contribution is -1.91. The quantitative estimate of drug-likeness (QED) is 0.163. The van der Waals surface area contributed by atoms with Crippen molar-refractivity contribution in [2.45, 2.75) is 6.92 Å². The number of rotatable bonds is 1. The van der Waals surface area contributed by atoms with Gasteiger partial charge in [0.05, 0.1) is 16.6 Å². The van der Waals surface area contributed by atoms with E-state index in [0.29, 0.717) is 0 Å². The van der Waals surface area contributed by atoms with E-state index in [9.17, 15) is 0 Å². The normalized spacial score (nSPS) is 12.2. The molecule has 3 aromatic heterocycles. The number of fused-ring (bicyclic) bond motifs is 13. The van der Waals surface area contributed by atoms with Gasteiger partial charge in [0.25, 0.3) is 0 Å². The fourth-order valence-electron chi connectivity index (χ4n) is 8.20. The van der Waals surface area contributed by atoms with Crippen LogP contribution in [0.2, 0.25) is 0 Å². The van der Waals surface area contributed by atoms with E-state index in [-0.39, 0.29) is 0 Å². The molecular formula is C46H28N2S. The van der Waals surface area contributed by atoms with Crippen molar-refractivity contribution in [3.8, 4) is 11.4 Å². The number of benzene rings is 8. The van der Waals surface area contributed by atoms with Crippen LogP contribution in [-0.2, 0) is 0 Å². The molecule has 49 heavy (non-hydrogen) atoms. The Morgan fingerprint density at radius 2 is 1.08 bits per heavy atom. The minimum absolute atomic E-state index is 0.967. The maximum Gasteiger partial charge on any atom is 0.147 e. The molecule has 3 heterocycles. The van der Waals surface area contributed by atoms with Crippen LogP contribution in [0.25, 0.3) is 102 Å². The smallest absolute Gasteiger partial charge is 0.147 e. The van der Waals surface area contributed by atoms with E-state index in [1.54, 1.807) is 0 Å². The summed E-state index contributed by atoms with van der Waals surface area (Å²) in [7, 11) is 0. The van der Waals surface area contributed by atoms with Crippen LogP contribution in [0.4, 0.5) is 0 Å². The molecule has 2 nitrogen and oxygen atoms in total. The average molecular weight is 641 g/mol. The van der Waals surface area contributed by atoms with Crippen LogP contribution in [0, 0.1) is 6.92 Å². The fourth-order valence-corrected chi connectivity index (χ4v) is 9.43. The average Bonchev–Trinajstić information content (AvgIpc) is 3.73. The summed E-state index contributed by atoms with van der Waals surface area (Å²) in [5, 5.41) is 15.1. The van der Waals surface area contributed by atoms with Crippen molar-refractivity contribution in [1.29, 1.82) is 0 Å². The minimum atomic E-state index is 0.967. The Kier molecular flexibility index (Phi) is 5.50. The Hall–Kier alpha value is -6.03. The highest BCUT2D eigenvalue weighted by Crippen LogP contribution is 2.44. The molecule has 0 amide bonds. The summed E-state index contributed by atoms with van der Waals surface area (Å²) < 4.78 is 5.00. The molecule has 11 rings (SSSR count). The number of imidazole rings is 1. The molecule has 0 saturated carbocycles. The molecule has 0 bridgehead atoms. The molecule has 8 aromatic carbocycles. The molecule has 228 valence electrons. The summed E-state index contributed by atoms with van der Waals surface area (Å²) in [4.78, 5) is 5.49. The molecule has 0 aliphatic heterocycles. The number of para-hydroxylation sites is 2. The number of nitrogens with zero attached hydrogens (tertiary/aromatic N) is 2. The van der Waals surface area contributed by atoms with Crippen molar-refractivity contribution in [2.75, 3.05) is 0 Å². The van der Waals surface area contributed by atoms with Gasteiger partial charge < -0.3 is 0 Å². The van der Waals surface area contributed by atoms with E-state index in [1.165, 1.54) is 79.6 Å². The zero-order valence-electron chi connectivity index (χ0n) is 26.7. The molecule has 0 aliphatic rings. The van der Waals surface area contributed by atoms with Gasteiger partial charge in [-0.05, 0) is 80.3 Å². The van der Waals surface area contributed by atoms with Gasteiger partial charge in [0.15, 0.2) is 0 Å². The third-order valence-corrected chi connectivity index (χ3v) is 11.6. The van der Waals surface area contributed by atoms with Crippen LogP contribution in [0.5, 0.6) is 0 Å². The molecule has 0 spiro atoms. The van der Waals surface area contributed by atoms with Crippen LogP contribution in [0.1, 0.15) is 5.56 Å². The first-order valence-corrected chi connectivity index (χ1v) is 17.6. The number of aryl methyl sites for hydroxylation is 1. The standard InChI is InChI=1S/C46H28N2S/c1-27-20-21-28-22-23-29-25-40-36-16-8-17-37(45(36)49-43(40)26-39(29)38(28)24-27)46-47-41-18-9-15-35-33-13-5-3-11-31(33)30-10-2-4-12-32(30)34-14-6-7-19-42(34)48(46)44(35)41/h2-26H,1H3. The third-order valence-electron chi connectivity index (χ3n) is 10.4. The van der Waals surface area contributed by atoms with Crippen molar-refractivity contribution in [1.82, 2.24) is 9.38 Å². The van der Waals surface area contributed by atoms with Crippen molar-refractivity contribution in [3.63, 3.8) is 0 Å². The van der Waals surface area contributed by atoms with Crippen molar-refractivity contribution >= 4 is 102 Å². The second-order valence-corrected chi connectivity index (χ2v) is 14.2. The van der Waals surface area contributed by atoms with Crippen LogP contribution in [0.3, 0.4) is 0 Å². The number of hydrogen-bond acceptors (Lipinski definition) is 2. The largest absolute Gasteiger partial charge is 0.291 e. The van der Waals surface area contributed by atoms with Crippen LogP contribution < -0.4 is 0 Å². The lowest BCUT2D eigenvalue weighted by atomic mass is 9.98. The molecule has 0 aliphatic carbocycles. The summed E-state index contributed by atoms with van der Waals surface area (Å²) in [6.07, 6.45) is 0. The first kappa shape index (κ1) is 27.0. The first-order valence-electron chi connectivity index (χ1n) is 16.8. The van der Waals surface area contributed by atoms with Crippen LogP contribution in [-0.4, -0.2) is 9.38 Å². The first-order chi connectivity index (χ1) is 24.2. The van der Waals surface area contributed by atoms with Gasteiger partial charge in [0.2, 0.25) is 0 Å². The highest BCUT2D eigenvalue weighted by atomic mass is 32.1. The van der Waals surface area contributed by atoms with Gasteiger partial charge in [-0.1, -0.05) is 127 Å². The fraction of sp³-hybridized carbons (Fsp3) is 0.0217. The molecular weight excluding hydrogens is 613 g/mol. The molecule has 3 heteroatoms. The Morgan fingerprint density at radius 3 is 1.90 bits per heavy atom. The Balaban J connectivity index is 1.33. The van der Waals surface area contributed by atoms with E-state index in [2.05, 4.69) is 163 Å². The second kappa shape index (κ2) is 9.99. The monoisotopic (exact) mass is 640 g/mol. The maximum atomic E-state index is 5.49. The molecule has 0 unspecified atom stereocenters. The summed E-state index contributed by atoms with van der Waals surface area (Å²) in [6.45, 7) is 2.18. The van der Waals surface area contributed by atoms with E-state index >= 15 is 0 Å². The predicted octanol–water partition coefficient (Wildman–Crippen LogP) is 13.2. The van der Waals surface area contributed by atoms with Crippen molar-refractivity contribution in [2.24, 2.45) is 0 Å². The van der Waals surface area contributed by atoms with Gasteiger partial charge in [0, 0.05) is 36.5 Å². The topological polar surface area (TPSA) is 17.3 Å². The molecule has 0 radical (unpaired) electrons. The molecule has 11 aromatic rings. The molecule has 0 saturated heterocycles. The molecule has 0 N–H and O–H groups in total. The zero-order valence-corrected chi connectivity index (χ0v) is 27.6. The van der Waals surface area contributed by atoms with E-state index in [1.807, 2.05) is 11.3 Å². The Morgan fingerprint density at radius 1 is 0.469 bits per heavy atom. The summed E-state index contributed by atoms with van der Waals surface area (Å²) in [5.41, 5.74) is 5.70. The zero-order chi connectivity index (χ0) is 32.2. The van der Waals surface area contributed by atoms with Gasteiger partial charge in [-0.3, -0.25) is 4.40 Å². The molecule has 0 fully saturated rings. The maximum absolute atomic E-state index is 5.49. The Labute approximate surface area is 285 Å². The summed E-state index contributed by atoms with van der Waals surface area (Å²) >= 11 is 1.88. The van der Waals surface area contributed by atoms with E-state index in [0.717, 1.165) is 27.9 Å². The number of aromatic nitrogens is 2. The highest BCUT2D eigenvalue weighted by molar-refractivity contribution is 7.26. The van der Waals surface area contributed by atoms with Gasteiger partial charge >= 0.3 is 0 Å². The van der Waals surface area contributed by atoms with Gasteiger partial charge in [-0.15, -0.1) is 11.3 Å². The van der Waals surface area contributed by atoms with Crippen LogP contribution in [0.15, 0.2) is 152 Å². The van der Waals surface area contributed by atoms with Gasteiger partial charge in [-0.25, -0.2) is 4.98 Å². The lowest BCUT2D eigenvalue weighted by Gasteiger charge is -2.07. The summed E-state index contributed by atoms with van der Waals surface area (Å²) in [5.74, 6) is 0.967. The highest BCUT2D eigenvalue weighted by Gasteiger charge is 2.20. The number of hydrogen-bond donors (Lipinski definition) is 0.